The van der Waals surface area contributed by atoms with Crippen molar-refractivity contribution in [2.75, 3.05) is 11.4 Å². The van der Waals surface area contributed by atoms with Gasteiger partial charge in [-0.25, -0.2) is 0 Å². The number of pyridine rings is 1. The molecule has 0 atom stereocenters. The van der Waals surface area contributed by atoms with E-state index in [4.69, 9.17) is 0 Å². The Morgan fingerprint density at radius 2 is 1.59 bits per heavy atom. The summed E-state index contributed by atoms with van der Waals surface area (Å²) in [6.45, 7) is 3.20. The quantitative estimate of drug-likeness (QED) is 0.629. The van der Waals surface area contributed by atoms with Gasteiger partial charge in [-0.05, 0) is 30.2 Å². The number of amides is 1. The van der Waals surface area contributed by atoms with Crippen molar-refractivity contribution in [3.8, 4) is 0 Å². The van der Waals surface area contributed by atoms with E-state index >= 15 is 0 Å². The third kappa shape index (κ3) is 4.73. The van der Waals surface area contributed by atoms with E-state index in [2.05, 4.69) is 6.92 Å². The second kappa shape index (κ2) is 8.99. The number of unbranched alkanes of at least 4 members (excludes halogenated alkanes) is 1. The standard InChI is InChI=1S/C23H24N2O2/c1-2-3-16-25(21-12-8-5-9-13-21)23(27)20-14-15-22(26)24(18-20)17-19-10-6-4-7-11-19/h4-15,18H,2-3,16-17H2,1H3. The maximum atomic E-state index is 13.2. The van der Waals surface area contributed by atoms with E-state index in [9.17, 15) is 9.59 Å². The van der Waals surface area contributed by atoms with Gasteiger partial charge in [0.25, 0.3) is 11.5 Å². The summed E-state index contributed by atoms with van der Waals surface area (Å²) in [7, 11) is 0. The van der Waals surface area contributed by atoms with Gasteiger partial charge in [-0.2, -0.15) is 0 Å². The number of hydrogen-bond acceptors (Lipinski definition) is 2. The van der Waals surface area contributed by atoms with Crippen molar-refractivity contribution >= 4 is 11.6 Å². The van der Waals surface area contributed by atoms with Crippen LogP contribution < -0.4 is 10.5 Å². The van der Waals surface area contributed by atoms with Crippen molar-refractivity contribution in [1.29, 1.82) is 0 Å². The second-order valence-corrected chi connectivity index (χ2v) is 6.52. The van der Waals surface area contributed by atoms with Crippen LogP contribution in [0.5, 0.6) is 0 Å². The highest BCUT2D eigenvalue weighted by Crippen LogP contribution is 2.17. The SMILES string of the molecule is CCCCN(C(=O)c1ccc(=O)n(Cc2ccccc2)c1)c1ccccc1. The summed E-state index contributed by atoms with van der Waals surface area (Å²) in [4.78, 5) is 27.2. The number of aromatic nitrogens is 1. The molecule has 0 saturated heterocycles. The molecule has 3 aromatic rings. The lowest BCUT2D eigenvalue weighted by Crippen LogP contribution is -2.33. The van der Waals surface area contributed by atoms with Crippen molar-refractivity contribution in [2.45, 2.75) is 26.3 Å². The zero-order valence-corrected chi connectivity index (χ0v) is 15.5. The van der Waals surface area contributed by atoms with Crippen LogP contribution in [0.25, 0.3) is 0 Å². The van der Waals surface area contributed by atoms with Gasteiger partial charge < -0.3 is 9.47 Å². The van der Waals surface area contributed by atoms with Crippen LogP contribution in [0.2, 0.25) is 0 Å². The van der Waals surface area contributed by atoms with E-state index in [1.807, 2.05) is 60.7 Å². The molecule has 0 aliphatic rings. The molecule has 3 rings (SSSR count). The monoisotopic (exact) mass is 360 g/mol. The summed E-state index contributed by atoms with van der Waals surface area (Å²) in [5.41, 5.74) is 2.30. The fraction of sp³-hybridized carbons (Fsp3) is 0.217. The average molecular weight is 360 g/mol. The molecular weight excluding hydrogens is 336 g/mol. The summed E-state index contributed by atoms with van der Waals surface area (Å²) in [6.07, 6.45) is 3.59. The van der Waals surface area contributed by atoms with Gasteiger partial charge in [-0.3, -0.25) is 9.59 Å². The molecule has 138 valence electrons. The van der Waals surface area contributed by atoms with Gasteiger partial charge in [-0.1, -0.05) is 61.9 Å². The smallest absolute Gasteiger partial charge is 0.259 e. The van der Waals surface area contributed by atoms with Gasteiger partial charge >= 0.3 is 0 Å². The van der Waals surface area contributed by atoms with Gasteiger partial charge in [-0.15, -0.1) is 0 Å². The fourth-order valence-electron chi connectivity index (χ4n) is 2.99. The number of rotatable bonds is 7. The summed E-state index contributed by atoms with van der Waals surface area (Å²) in [6, 6.07) is 22.5. The summed E-state index contributed by atoms with van der Waals surface area (Å²) in [5, 5.41) is 0. The molecule has 0 saturated carbocycles. The van der Waals surface area contributed by atoms with Gasteiger partial charge in [0, 0.05) is 24.5 Å². The summed E-state index contributed by atoms with van der Waals surface area (Å²) >= 11 is 0. The minimum atomic E-state index is -0.116. The zero-order chi connectivity index (χ0) is 19.1. The van der Waals surface area contributed by atoms with E-state index in [0.29, 0.717) is 18.7 Å². The van der Waals surface area contributed by atoms with E-state index in [1.165, 1.54) is 6.07 Å². The van der Waals surface area contributed by atoms with Crippen molar-refractivity contribution in [2.24, 2.45) is 0 Å². The second-order valence-electron chi connectivity index (χ2n) is 6.52. The van der Waals surface area contributed by atoms with Crippen LogP contribution in [-0.2, 0) is 6.54 Å². The molecule has 0 bridgehead atoms. The average Bonchev–Trinajstić information content (AvgIpc) is 2.71. The highest BCUT2D eigenvalue weighted by Gasteiger charge is 2.18. The Bertz CT molecular complexity index is 933. The maximum Gasteiger partial charge on any atom is 0.259 e. The van der Waals surface area contributed by atoms with Crippen LogP contribution in [0.15, 0.2) is 83.8 Å². The Morgan fingerprint density at radius 3 is 2.26 bits per heavy atom. The third-order valence-corrected chi connectivity index (χ3v) is 4.47. The molecule has 0 spiro atoms. The van der Waals surface area contributed by atoms with Gasteiger partial charge in [0.2, 0.25) is 0 Å². The number of nitrogens with zero attached hydrogens (tertiary/aromatic N) is 2. The molecule has 1 amide bonds. The zero-order valence-electron chi connectivity index (χ0n) is 15.5. The number of benzene rings is 2. The summed E-state index contributed by atoms with van der Waals surface area (Å²) in [5.74, 6) is -0.0866. The minimum absolute atomic E-state index is 0.0866. The number of carbonyl (C=O) groups excluding carboxylic acids is 1. The molecule has 0 aliphatic carbocycles. The predicted octanol–water partition coefficient (Wildman–Crippen LogP) is 4.34. The predicted molar refractivity (Wildman–Crippen MR) is 109 cm³/mol. The lowest BCUT2D eigenvalue weighted by atomic mass is 10.2. The fourth-order valence-corrected chi connectivity index (χ4v) is 2.99. The third-order valence-electron chi connectivity index (χ3n) is 4.47. The van der Waals surface area contributed by atoms with Crippen molar-refractivity contribution in [3.63, 3.8) is 0 Å². The molecular formula is C23H24N2O2. The first kappa shape index (κ1) is 18.6. The number of hydrogen-bond donors (Lipinski definition) is 0. The van der Waals surface area contributed by atoms with Crippen LogP contribution in [0.4, 0.5) is 5.69 Å². The largest absolute Gasteiger partial charge is 0.310 e. The lowest BCUT2D eigenvalue weighted by Gasteiger charge is -2.23. The van der Waals surface area contributed by atoms with Crippen LogP contribution in [0.1, 0.15) is 35.7 Å². The molecule has 1 heterocycles. The lowest BCUT2D eigenvalue weighted by molar-refractivity contribution is 0.0985. The Morgan fingerprint density at radius 1 is 0.926 bits per heavy atom. The molecule has 4 heteroatoms. The first-order chi connectivity index (χ1) is 13.2. The van der Waals surface area contributed by atoms with Gasteiger partial charge in [0.15, 0.2) is 0 Å². The summed E-state index contributed by atoms with van der Waals surface area (Å²) < 4.78 is 1.59. The first-order valence-electron chi connectivity index (χ1n) is 9.30. The Kier molecular flexibility index (Phi) is 6.21. The van der Waals surface area contributed by atoms with E-state index < -0.39 is 0 Å². The number of anilines is 1. The van der Waals surface area contributed by atoms with E-state index in [0.717, 1.165) is 24.1 Å². The minimum Gasteiger partial charge on any atom is -0.310 e. The normalized spacial score (nSPS) is 10.6. The molecule has 0 unspecified atom stereocenters. The molecule has 0 radical (unpaired) electrons. The molecule has 0 fully saturated rings. The van der Waals surface area contributed by atoms with Crippen LogP contribution in [0, 0.1) is 0 Å². The number of para-hydroxylation sites is 1. The van der Waals surface area contributed by atoms with E-state index in [-0.39, 0.29) is 11.5 Å². The first-order valence-corrected chi connectivity index (χ1v) is 9.30. The molecule has 1 aromatic heterocycles. The Hall–Kier alpha value is -3.14. The highest BCUT2D eigenvalue weighted by atomic mass is 16.2. The molecule has 4 nitrogen and oxygen atoms in total. The maximum absolute atomic E-state index is 13.2. The van der Waals surface area contributed by atoms with Crippen molar-refractivity contribution in [3.05, 3.63) is 100 Å². The highest BCUT2D eigenvalue weighted by molar-refractivity contribution is 6.05. The van der Waals surface area contributed by atoms with Gasteiger partial charge in [0.1, 0.15) is 0 Å². The van der Waals surface area contributed by atoms with Crippen molar-refractivity contribution < 1.29 is 4.79 Å². The Balaban J connectivity index is 1.90. The Labute approximate surface area is 159 Å². The molecule has 27 heavy (non-hydrogen) atoms. The topological polar surface area (TPSA) is 42.3 Å². The van der Waals surface area contributed by atoms with Crippen molar-refractivity contribution in [1.82, 2.24) is 4.57 Å². The van der Waals surface area contributed by atoms with E-state index in [1.54, 1.807) is 21.7 Å². The molecule has 2 aromatic carbocycles. The molecule has 0 aliphatic heterocycles. The van der Waals surface area contributed by atoms with Crippen LogP contribution in [0.3, 0.4) is 0 Å². The van der Waals surface area contributed by atoms with Crippen LogP contribution >= 0.6 is 0 Å². The number of carbonyl (C=O) groups is 1. The molecule has 0 N–H and O–H groups in total. The van der Waals surface area contributed by atoms with Gasteiger partial charge in [0.05, 0.1) is 12.1 Å². The van der Waals surface area contributed by atoms with Crippen LogP contribution in [-0.4, -0.2) is 17.0 Å².